The molecule has 3 heterocycles. The second-order valence-corrected chi connectivity index (χ2v) is 8.74. The number of nitrogens with zero attached hydrogens (tertiary/aromatic N) is 3. The number of methoxy groups -OCH3 is 1. The van der Waals surface area contributed by atoms with Gasteiger partial charge in [0.2, 0.25) is 5.75 Å². The van der Waals surface area contributed by atoms with Gasteiger partial charge in [0.05, 0.1) is 19.1 Å². The van der Waals surface area contributed by atoms with Crippen LogP contribution in [0, 0.1) is 5.92 Å². The van der Waals surface area contributed by atoms with Crippen LogP contribution in [0.25, 0.3) is 11.0 Å². The molecule has 12 heteroatoms. The Hall–Kier alpha value is -3.61. The van der Waals surface area contributed by atoms with Crippen molar-refractivity contribution in [2.75, 3.05) is 65.5 Å². The van der Waals surface area contributed by atoms with Crippen molar-refractivity contribution in [3.63, 3.8) is 0 Å². The van der Waals surface area contributed by atoms with Gasteiger partial charge in [-0.3, -0.25) is 4.90 Å². The minimum atomic E-state index is -1.10. The summed E-state index contributed by atoms with van der Waals surface area (Å²) in [4.78, 5) is 25.7. The average Bonchev–Trinajstić information content (AvgIpc) is 3.28. The van der Waals surface area contributed by atoms with Crippen LogP contribution in [-0.4, -0.2) is 91.1 Å². The van der Waals surface area contributed by atoms with E-state index in [1.807, 2.05) is 20.2 Å². The lowest BCUT2D eigenvalue weighted by atomic mass is 9.99. The van der Waals surface area contributed by atoms with Crippen molar-refractivity contribution >= 4 is 28.5 Å². The fraction of sp³-hybridized carbons (Fsp3) is 0.500. The van der Waals surface area contributed by atoms with Gasteiger partial charge in [0.15, 0.2) is 18.1 Å². The molecule has 1 aliphatic rings. The summed E-state index contributed by atoms with van der Waals surface area (Å²) in [6.07, 6.45) is 3.45. The van der Waals surface area contributed by atoms with Gasteiger partial charge in [-0.05, 0) is 25.5 Å². The molecule has 4 rings (SSSR count). The van der Waals surface area contributed by atoms with Gasteiger partial charge in [-0.15, -0.1) is 0 Å². The van der Waals surface area contributed by atoms with Crippen molar-refractivity contribution in [2.45, 2.75) is 20.9 Å². The highest BCUT2D eigenvalue weighted by molar-refractivity contribution is 5.92. The third kappa shape index (κ3) is 7.03. The number of aromatic amines is 1. The Morgan fingerprint density at radius 3 is 2.71 bits per heavy atom. The van der Waals surface area contributed by atoms with Crippen molar-refractivity contribution < 1.29 is 28.8 Å². The number of carboxylic acid groups (broad SMARTS) is 1. The predicted molar refractivity (Wildman–Crippen MR) is 145 cm³/mol. The molecule has 0 aliphatic carbocycles. The first-order valence-corrected chi connectivity index (χ1v) is 12.2. The molecule has 0 saturated carbocycles. The van der Waals surface area contributed by atoms with E-state index in [1.54, 1.807) is 12.1 Å². The van der Waals surface area contributed by atoms with Crippen LogP contribution in [0.15, 0.2) is 24.7 Å². The van der Waals surface area contributed by atoms with Crippen LogP contribution in [0.4, 0.5) is 11.5 Å². The van der Waals surface area contributed by atoms with Crippen LogP contribution in [0.3, 0.4) is 0 Å². The van der Waals surface area contributed by atoms with Crippen molar-refractivity contribution in [2.24, 2.45) is 5.92 Å². The van der Waals surface area contributed by atoms with Gasteiger partial charge in [0, 0.05) is 56.8 Å². The number of likely N-dealkylation sites (tertiary alicyclic amines) is 1. The third-order valence-electron chi connectivity index (χ3n) is 6.00. The first kappa shape index (κ1) is 29.0. The molecule has 1 aliphatic heterocycles. The highest BCUT2D eigenvalue weighted by Gasteiger charge is 2.27. The third-order valence-corrected chi connectivity index (χ3v) is 6.00. The first-order chi connectivity index (χ1) is 18.0. The number of aliphatic carboxylic acids is 1. The van der Waals surface area contributed by atoms with E-state index in [0.717, 1.165) is 42.8 Å². The average molecular weight is 531 g/mol. The van der Waals surface area contributed by atoms with Crippen LogP contribution in [0.1, 0.15) is 19.9 Å². The molecule has 208 valence electrons. The maximum atomic E-state index is 11.2. The highest BCUT2D eigenvalue weighted by Crippen LogP contribution is 2.41. The summed E-state index contributed by atoms with van der Waals surface area (Å²) >= 11 is 0. The SMILES string of the molecule is C.CCOCCOc1c(OC)cc(Nc2ncnc3[nH]cc(CN4CC(CNC)C4)c23)cc1OCC(=O)O. The van der Waals surface area contributed by atoms with E-state index in [0.29, 0.717) is 42.1 Å². The number of aromatic nitrogens is 3. The number of H-pyrrole nitrogens is 1. The second kappa shape index (κ2) is 13.8. The fourth-order valence-electron chi connectivity index (χ4n) is 4.38. The molecule has 4 N–H and O–H groups in total. The summed E-state index contributed by atoms with van der Waals surface area (Å²) in [5, 5.41) is 16.6. The standard InChI is InChI=1S/C25H34N6O6.CH4/c1-4-35-5-6-36-23-19(34-3)7-18(8-20(23)37-14-21(32)33)30-25-22-17(10-27-24(22)28-15-29-25)13-31-11-16(12-31)9-26-2;/h7-8,10,15-16,26H,4-6,9,11-14H2,1-3H3,(H,32,33)(H2,27,28,29,30);1H4. The fourth-order valence-corrected chi connectivity index (χ4v) is 4.38. The molecule has 1 saturated heterocycles. The van der Waals surface area contributed by atoms with Crippen LogP contribution in [0.5, 0.6) is 17.2 Å². The summed E-state index contributed by atoms with van der Waals surface area (Å²) in [6.45, 7) is 6.43. The monoisotopic (exact) mass is 530 g/mol. The Labute approximate surface area is 222 Å². The molecule has 0 bridgehead atoms. The smallest absolute Gasteiger partial charge is 0.341 e. The van der Waals surface area contributed by atoms with E-state index in [2.05, 4.69) is 30.5 Å². The zero-order chi connectivity index (χ0) is 26.2. The minimum Gasteiger partial charge on any atom is -0.493 e. The van der Waals surface area contributed by atoms with Crippen LogP contribution in [0.2, 0.25) is 0 Å². The summed E-state index contributed by atoms with van der Waals surface area (Å²) < 4.78 is 22.2. The number of anilines is 2. The number of nitrogens with one attached hydrogen (secondary N) is 3. The summed E-state index contributed by atoms with van der Waals surface area (Å²) in [5.41, 5.74) is 2.41. The zero-order valence-corrected chi connectivity index (χ0v) is 21.4. The maximum absolute atomic E-state index is 11.2. The number of carboxylic acids is 1. The number of hydrogen-bond acceptors (Lipinski definition) is 10. The quantitative estimate of drug-likeness (QED) is 0.215. The molecule has 1 aromatic carbocycles. The Kier molecular flexibility index (Phi) is 10.5. The molecule has 0 radical (unpaired) electrons. The maximum Gasteiger partial charge on any atom is 0.341 e. The molecular weight excluding hydrogens is 492 g/mol. The normalized spacial score (nSPS) is 13.6. The summed E-state index contributed by atoms with van der Waals surface area (Å²) in [6, 6.07) is 3.42. The van der Waals surface area contributed by atoms with Gasteiger partial charge < -0.3 is 39.7 Å². The van der Waals surface area contributed by atoms with Crippen LogP contribution < -0.4 is 24.8 Å². The van der Waals surface area contributed by atoms with E-state index in [1.165, 1.54) is 13.4 Å². The van der Waals surface area contributed by atoms with Crippen molar-refractivity contribution in [1.82, 2.24) is 25.2 Å². The molecule has 2 aromatic heterocycles. The van der Waals surface area contributed by atoms with Gasteiger partial charge in [-0.2, -0.15) is 0 Å². The lowest BCUT2D eigenvalue weighted by Gasteiger charge is -2.39. The number of hydrogen-bond donors (Lipinski definition) is 4. The molecule has 38 heavy (non-hydrogen) atoms. The summed E-state index contributed by atoms with van der Waals surface area (Å²) in [7, 11) is 3.49. The van der Waals surface area contributed by atoms with Crippen molar-refractivity contribution in [3.8, 4) is 17.2 Å². The molecule has 12 nitrogen and oxygen atoms in total. The Morgan fingerprint density at radius 1 is 1.21 bits per heavy atom. The topological polar surface area (TPSA) is 143 Å². The van der Waals surface area contributed by atoms with E-state index in [9.17, 15) is 4.79 Å². The molecular formula is C26H38N6O6. The number of benzene rings is 1. The molecule has 0 unspecified atom stereocenters. The predicted octanol–water partition coefficient (Wildman–Crippen LogP) is 2.88. The van der Waals surface area contributed by atoms with Gasteiger partial charge in [0.25, 0.3) is 0 Å². The van der Waals surface area contributed by atoms with Gasteiger partial charge in [0.1, 0.15) is 24.4 Å². The zero-order valence-electron chi connectivity index (χ0n) is 21.4. The van der Waals surface area contributed by atoms with Crippen LogP contribution in [-0.2, 0) is 16.1 Å². The molecule has 3 aromatic rings. The highest BCUT2D eigenvalue weighted by atomic mass is 16.6. The summed E-state index contributed by atoms with van der Waals surface area (Å²) in [5.74, 6) is 1.10. The Balaban J connectivity index is 0.00000400. The number of rotatable bonds is 15. The van der Waals surface area contributed by atoms with E-state index >= 15 is 0 Å². The first-order valence-electron chi connectivity index (χ1n) is 12.2. The van der Waals surface area contributed by atoms with Crippen LogP contribution >= 0.6 is 0 Å². The van der Waals surface area contributed by atoms with E-state index in [-0.39, 0.29) is 19.8 Å². The Bertz CT molecular complexity index is 1200. The van der Waals surface area contributed by atoms with E-state index in [4.69, 9.17) is 24.1 Å². The van der Waals surface area contributed by atoms with Gasteiger partial charge in [-0.25, -0.2) is 14.8 Å². The minimum absolute atomic E-state index is 0. The number of ether oxygens (including phenoxy) is 4. The van der Waals surface area contributed by atoms with Gasteiger partial charge >= 0.3 is 5.97 Å². The Morgan fingerprint density at radius 2 is 2.00 bits per heavy atom. The number of carbonyl (C=O) groups is 1. The lowest BCUT2D eigenvalue weighted by molar-refractivity contribution is -0.139. The molecule has 0 atom stereocenters. The van der Waals surface area contributed by atoms with E-state index < -0.39 is 12.6 Å². The molecule has 0 amide bonds. The number of fused-ring (bicyclic) bond motifs is 1. The van der Waals surface area contributed by atoms with Gasteiger partial charge in [-0.1, -0.05) is 7.43 Å². The largest absolute Gasteiger partial charge is 0.493 e. The lowest BCUT2D eigenvalue weighted by Crippen LogP contribution is -2.49. The second-order valence-electron chi connectivity index (χ2n) is 8.74. The molecule has 0 spiro atoms. The molecule has 1 fully saturated rings. The van der Waals surface area contributed by atoms with Crippen molar-refractivity contribution in [1.29, 1.82) is 0 Å². The van der Waals surface area contributed by atoms with Crippen molar-refractivity contribution in [3.05, 3.63) is 30.2 Å².